The molecule has 0 aromatic heterocycles. The van der Waals surface area contributed by atoms with Crippen LogP contribution in [0.1, 0.15) is 22.3 Å². The number of aliphatic hydroxyl groups excluding tert-OH is 1. The molecule has 0 spiro atoms. The normalized spacial score (nSPS) is 10.3. The largest absolute Gasteiger partial charge is 0.396 e. The predicted octanol–water partition coefficient (Wildman–Crippen LogP) is 1.40. The summed E-state index contributed by atoms with van der Waals surface area (Å²) in [7, 11) is 0. The fourth-order valence-electron chi connectivity index (χ4n) is 1.88. The molecule has 0 bridgehead atoms. The minimum Gasteiger partial charge on any atom is -0.396 e. The van der Waals surface area contributed by atoms with Crippen molar-refractivity contribution in [1.82, 2.24) is 5.32 Å². The van der Waals surface area contributed by atoms with Crippen LogP contribution in [0.25, 0.3) is 0 Å². The molecule has 0 aliphatic rings. The first-order valence-corrected chi connectivity index (χ1v) is 6.87. The molecule has 2 N–H and O–H groups in total. The first-order valence-electron chi connectivity index (χ1n) is 6.33. The van der Waals surface area contributed by atoms with Crippen LogP contribution in [0.3, 0.4) is 0 Å². The Hall–Kier alpha value is -2.26. The SMILES string of the molecule is O=C(NCCCO)c1c([N+](=O)[O-])ccc(CCCl)c1[N+](=O)[O-]. The van der Waals surface area contributed by atoms with Gasteiger partial charge in [0.15, 0.2) is 5.56 Å². The quantitative estimate of drug-likeness (QED) is 0.320. The zero-order valence-electron chi connectivity index (χ0n) is 11.5. The molecule has 1 aromatic carbocycles. The molecule has 0 heterocycles. The van der Waals surface area contributed by atoms with E-state index in [0.29, 0.717) is 0 Å². The van der Waals surface area contributed by atoms with Crippen LogP contribution >= 0.6 is 11.6 Å². The van der Waals surface area contributed by atoms with E-state index >= 15 is 0 Å². The number of benzene rings is 1. The average Bonchev–Trinajstić information content (AvgIpc) is 2.46. The second-order valence-electron chi connectivity index (χ2n) is 4.25. The van der Waals surface area contributed by atoms with Crippen molar-refractivity contribution >= 4 is 28.9 Å². The Kier molecular flexibility index (Phi) is 6.67. The lowest BCUT2D eigenvalue weighted by atomic mass is 10.0. The average molecular weight is 332 g/mol. The molecule has 0 aliphatic carbocycles. The molecular formula is C12H14ClN3O6. The highest BCUT2D eigenvalue weighted by molar-refractivity contribution is 6.18. The number of hydrogen-bond acceptors (Lipinski definition) is 6. The summed E-state index contributed by atoms with van der Waals surface area (Å²) < 4.78 is 0. The van der Waals surface area contributed by atoms with Gasteiger partial charge >= 0.3 is 0 Å². The van der Waals surface area contributed by atoms with E-state index in [1.807, 2.05) is 0 Å². The van der Waals surface area contributed by atoms with Gasteiger partial charge in [0, 0.05) is 30.7 Å². The van der Waals surface area contributed by atoms with Crippen molar-refractivity contribution in [3.8, 4) is 0 Å². The van der Waals surface area contributed by atoms with E-state index in [4.69, 9.17) is 16.7 Å². The molecule has 1 aromatic rings. The van der Waals surface area contributed by atoms with Gasteiger partial charge in [-0.05, 0) is 18.9 Å². The number of nitrogens with one attached hydrogen (secondary N) is 1. The van der Waals surface area contributed by atoms with E-state index in [0.717, 1.165) is 6.07 Å². The molecule has 0 aliphatic heterocycles. The number of hydrogen-bond donors (Lipinski definition) is 2. The molecular weight excluding hydrogens is 318 g/mol. The molecule has 120 valence electrons. The Morgan fingerprint density at radius 3 is 2.45 bits per heavy atom. The summed E-state index contributed by atoms with van der Waals surface area (Å²) in [5.41, 5.74) is -1.71. The van der Waals surface area contributed by atoms with Crippen LogP contribution < -0.4 is 5.32 Å². The minimum absolute atomic E-state index is 0.0450. The van der Waals surface area contributed by atoms with Crippen molar-refractivity contribution in [3.63, 3.8) is 0 Å². The van der Waals surface area contributed by atoms with Crippen molar-refractivity contribution in [2.24, 2.45) is 0 Å². The lowest BCUT2D eigenvalue weighted by Crippen LogP contribution is -2.27. The number of nitro groups is 2. The molecule has 0 radical (unpaired) electrons. The molecule has 22 heavy (non-hydrogen) atoms. The number of nitro benzene ring substituents is 2. The van der Waals surface area contributed by atoms with Gasteiger partial charge in [0.05, 0.1) is 9.85 Å². The summed E-state index contributed by atoms with van der Waals surface area (Å²) in [6, 6.07) is 2.28. The number of nitrogens with zero attached hydrogens (tertiary/aromatic N) is 2. The van der Waals surface area contributed by atoms with E-state index in [1.165, 1.54) is 6.07 Å². The maximum absolute atomic E-state index is 12.1. The number of aliphatic hydroxyl groups is 1. The standard InChI is InChI=1S/C12H14ClN3O6/c13-5-4-8-2-3-9(15(19)20)10(11(8)16(21)22)12(18)14-6-1-7-17/h2-3,17H,1,4-7H2,(H,14,18). The van der Waals surface area contributed by atoms with Crippen LogP contribution in [0.15, 0.2) is 12.1 Å². The first kappa shape index (κ1) is 17.8. The molecule has 1 rings (SSSR count). The fourth-order valence-corrected chi connectivity index (χ4v) is 2.08. The molecule has 0 saturated heterocycles. The summed E-state index contributed by atoms with van der Waals surface area (Å²) >= 11 is 5.56. The van der Waals surface area contributed by atoms with Crippen molar-refractivity contribution in [1.29, 1.82) is 0 Å². The molecule has 9 nitrogen and oxygen atoms in total. The lowest BCUT2D eigenvalue weighted by Gasteiger charge is -2.08. The number of alkyl halides is 1. The van der Waals surface area contributed by atoms with Gasteiger partial charge in [-0.25, -0.2) is 0 Å². The van der Waals surface area contributed by atoms with Gasteiger partial charge in [0.25, 0.3) is 17.3 Å². The monoisotopic (exact) mass is 331 g/mol. The van der Waals surface area contributed by atoms with Crippen LogP contribution in [0.4, 0.5) is 11.4 Å². The minimum atomic E-state index is -0.928. The van der Waals surface area contributed by atoms with E-state index in [-0.39, 0.29) is 37.4 Å². The Bertz CT molecular complexity index is 592. The van der Waals surface area contributed by atoms with E-state index in [2.05, 4.69) is 5.32 Å². The maximum Gasteiger partial charge on any atom is 0.292 e. The number of carbonyl (C=O) groups is 1. The summed E-state index contributed by atoms with van der Waals surface area (Å²) in [6.45, 7) is -0.139. The highest BCUT2D eigenvalue weighted by Gasteiger charge is 2.33. The Morgan fingerprint density at radius 1 is 1.27 bits per heavy atom. The predicted molar refractivity (Wildman–Crippen MR) is 78.2 cm³/mol. The molecule has 0 saturated carbocycles. The van der Waals surface area contributed by atoms with Crippen molar-refractivity contribution in [2.75, 3.05) is 19.0 Å². The zero-order valence-corrected chi connectivity index (χ0v) is 12.2. The number of aryl methyl sites for hydroxylation is 1. The van der Waals surface area contributed by atoms with Gasteiger partial charge in [-0.3, -0.25) is 25.0 Å². The number of amides is 1. The highest BCUT2D eigenvalue weighted by atomic mass is 35.5. The third kappa shape index (κ3) is 4.12. The zero-order chi connectivity index (χ0) is 16.7. The number of halogens is 1. The summed E-state index contributed by atoms with van der Waals surface area (Å²) in [5, 5.41) is 33.3. The van der Waals surface area contributed by atoms with Crippen LogP contribution in [0, 0.1) is 20.2 Å². The Morgan fingerprint density at radius 2 is 1.95 bits per heavy atom. The summed E-state index contributed by atoms with van der Waals surface area (Å²) in [6.07, 6.45) is 0.335. The fraction of sp³-hybridized carbons (Fsp3) is 0.417. The first-order chi connectivity index (χ1) is 10.4. The highest BCUT2D eigenvalue weighted by Crippen LogP contribution is 2.32. The molecule has 1 amide bonds. The van der Waals surface area contributed by atoms with Gasteiger partial charge in [0.2, 0.25) is 0 Å². The van der Waals surface area contributed by atoms with Crippen LogP contribution in [0.5, 0.6) is 0 Å². The topological polar surface area (TPSA) is 136 Å². The van der Waals surface area contributed by atoms with E-state index in [9.17, 15) is 25.0 Å². The number of rotatable bonds is 8. The second-order valence-corrected chi connectivity index (χ2v) is 4.63. The van der Waals surface area contributed by atoms with Crippen molar-refractivity contribution in [3.05, 3.63) is 43.5 Å². The van der Waals surface area contributed by atoms with Crippen molar-refractivity contribution < 1.29 is 19.7 Å². The third-order valence-electron chi connectivity index (χ3n) is 2.83. The molecule has 0 fully saturated rings. The van der Waals surface area contributed by atoms with Crippen LogP contribution in [-0.2, 0) is 6.42 Å². The third-order valence-corrected chi connectivity index (χ3v) is 3.02. The summed E-state index contributed by atoms with van der Waals surface area (Å²) in [4.78, 5) is 32.7. The van der Waals surface area contributed by atoms with Gasteiger partial charge in [-0.2, -0.15) is 0 Å². The lowest BCUT2D eigenvalue weighted by molar-refractivity contribution is -0.395. The maximum atomic E-state index is 12.1. The van der Waals surface area contributed by atoms with Gasteiger partial charge in [-0.15, -0.1) is 11.6 Å². The Labute approximate surface area is 130 Å². The van der Waals surface area contributed by atoms with Gasteiger partial charge < -0.3 is 10.4 Å². The van der Waals surface area contributed by atoms with Crippen LogP contribution in [-0.4, -0.2) is 39.9 Å². The summed E-state index contributed by atoms with van der Waals surface area (Å²) in [5.74, 6) is -0.854. The van der Waals surface area contributed by atoms with E-state index < -0.39 is 32.7 Å². The number of carbonyl (C=O) groups excluding carboxylic acids is 1. The van der Waals surface area contributed by atoms with Gasteiger partial charge in [0.1, 0.15) is 0 Å². The molecule has 0 unspecified atom stereocenters. The second kappa shape index (κ2) is 8.25. The Balaban J connectivity index is 3.40. The van der Waals surface area contributed by atoms with Gasteiger partial charge in [-0.1, -0.05) is 0 Å². The van der Waals surface area contributed by atoms with Crippen LogP contribution in [0.2, 0.25) is 0 Å². The smallest absolute Gasteiger partial charge is 0.292 e. The van der Waals surface area contributed by atoms with Crippen molar-refractivity contribution in [2.45, 2.75) is 12.8 Å². The van der Waals surface area contributed by atoms with E-state index in [1.54, 1.807) is 0 Å². The molecule has 0 atom stereocenters. The molecule has 10 heteroatoms.